The van der Waals surface area contributed by atoms with E-state index in [1.807, 2.05) is 36.4 Å². The van der Waals surface area contributed by atoms with Crippen LogP contribution in [0.4, 0.5) is 0 Å². The summed E-state index contributed by atoms with van der Waals surface area (Å²) in [6.07, 6.45) is 2.97. The smallest absolute Gasteiger partial charge is 0.222 e. The van der Waals surface area contributed by atoms with E-state index in [4.69, 9.17) is 20.4 Å². The van der Waals surface area contributed by atoms with Gasteiger partial charge in [-0.05, 0) is 0 Å². The van der Waals surface area contributed by atoms with Gasteiger partial charge in [0.05, 0.1) is 0 Å². The van der Waals surface area contributed by atoms with Gasteiger partial charge in [0.2, 0.25) is 12.2 Å². The highest BCUT2D eigenvalue weighted by Gasteiger charge is 1.57. The molecule has 0 aromatic heterocycles. The summed E-state index contributed by atoms with van der Waals surface area (Å²) in [5.41, 5.74) is 0. The van der Waals surface area contributed by atoms with Crippen molar-refractivity contribution in [3.63, 3.8) is 0 Å². The van der Waals surface area contributed by atoms with Crippen LogP contribution in [-0.4, -0.2) is 18.5 Å². The van der Waals surface area contributed by atoms with Crippen molar-refractivity contribution < 1.29 is 9.59 Å². The quantitative estimate of drug-likeness (QED) is 0.395. The molecule has 0 bridgehead atoms. The van der Waals surface area contributed by atoms with Crippen LogP contribution >= 0.6 is 11.6 Å². The minimum Gasteiger partial charge on any atom is -0.222 e. The Morgan fingerprint density at radius 1 is 0.786 bits per heavy atom. The Morgan fingerprint density at radius 3 is 0.929 bits per heavy atom. The summed E-state index contributed by atoms with van der Waals surface area (Å²) in [6, 6.07) is 12.0. The highest BCUT2D eigenvalue weighted by Crippen LogP contribution is 1.79. The van der Waals surface area contributed by atoms with E-state index in [0.29, 0.717) is 0 Å². The summed E-state index contributed by atoms with van der Waals surface area (Å²) >= 11 is 4.64. The van der Waals surface area contributed by atoms with E-state index in [2.05, 4.69) is 11.6 Å². The van der Waals surface area contributed by atoms with Gasteiger partial charge in [-0.3, -0.25) is 0 Å². The molecule has 4 nitrogen and oxygen atoms in total. The van der Waals surface area contributed by atoms with Gasteiger partial charge in [0.25, 0.3) is 0 Å². The molecule has 0 aliphatic rings. The maximum Gasteiger partial charge on any atom is 0.231 e. The highest BCUT2D eigenvalue weighted by molar-refractivity contribution is 6.15. The fourth-order valence-corrected chi connectivity index (χ4v) is 0.385. The standard InChI is InChI=1S/C6H6.CH3Cl.2CHNO/c1-2-4-6-5-3-1;1-2;2*2-1-3/h1-6H;1H3;2*2H. The van der Waals surface area contributed by atoms with Crippen LogP contribution in [0.5, 0.6) is 0 Å². The van der Waals surface area contributed by atoms with Gasteiger partial charge in [0, 0.05) is 6.38 Å². The molecule has 0 atom stereocenters. The van der Waals surface area contributed by atoms with Crippen molar-refractivity contribution in [2.24, 2.45) is 0 Å². The molecule has 1 rings (SSSR count). The maximum atomic E-state index is 8.35. The zero-order valence-electron chi connectivity index (χ0n) is 7.66. The molecule has 76 valence electrons. The number of hydrogen-bond acceptors (Lipinski definition) is 4. The second-order valence-electron chi connectivity index (χ2n) is 1.36. The summed E-state index contributed by atoms with van der Waals surface area (Å²) < 4.78 is 0. The van der Waals surface area contributed by atoms with Crippen molar-refractivity contribution in [2.45, 2.75) is 0 Å². The van der Waals surface area contributed by atoms with E-state index in [1.165, 1.54) is 6.38 Å². The van der Waals surface area contributed by atoms with E-state index in [1.54, 1.807) is 0 Å². The number of rotatable bonds is 0. The van der Waals surface area contributed by atoms with E-state index in [0.717, 1.165) is 12.2 Å². The average molecular weight is 215 g/mol. The Balaban J connectivity index is -0.000000132. The molecule has 1 aromatic rings. The largest absolute Gasteiger partial charge is 0.231 e. The van der Waals surface area contributed by atoms with Crippen LogP contribution in [0.2, 0.25) is 0 Å². The molecule has 0 radical (unpaired) electrons. The molecule has 0 spiro atoms. The molecule has 14 heavy (non-hydrogen) atoms. The van der Waals surface area contributed by atoms with Crippen LogP contribution in [0.3, 0.4) is 0 Å². The van der Waals surface area contributed by atoms with Crippen LogP contribution in [0.15, 0.2) is 36.4 Å². The Labute approximate surface area is 87.5 Å². The van der Waals surface area contributed by atoms with Crippen LogP contribution in [-0.2, 0) is 9.59 Å². The number of hydrogen-bond donors (Lipinski definition) is 2. The normalized spacial score (nSPS) is 5.00. The molecular formula is C9H11ClN2O2. The van der Waals surface area contributed by atoms with Crippen molar-refractivity contribution in [1.82, 2.24) is 0 Å². The van der Waals surface area contributed by atoms with Crippen LogP contribution in [0, 0.1) is 10.8 Å². The van der Waals surface area contributed by atoms with E-state index < -0.39 is 0 Å². The van der Waals surface area contributed by atoms with Crippen molar-refractivity contribution in [1.29, 1.82) is 10.8 Å². The molecule has 0 saturated carbocycles. The molecule has 2 N–H and O–H groups in total. The predicted octanol–water partition coefficient (Wildman–Crippen LogP) is 2.34. The Kier molecular flexibility index (Phi) is 39.2. The third-order valence-electron chi connectivity index (χ3n) is 0.667. The highest BCUT2D eigenvalue weighted by atomic mass is 35.5. The first-order chi connectivity index (χ1) is 6.83. The molecular weight excluding hydrogens is 204 g/mol. The monoisotopic (exact) mass is 214 g/mol. The number of alkyl halides is 1. The molecule has 0 heterocycles. The predicted molar refractivity (Wildman–Crippen MR) is 55.0 cm³/mol. The Bertz CT molecular complexity index is 202. The minimum atomic E-state index is 0.750. The number of nitrogens with one attached hydrogen (secondary N) is 2. The minimum absolute atomic E-state index is 0.750. The SMILES string of the molecule is CCl.N=C=O.N=C=O.c1ccccc1. The summed E-state index contributed by atoms with van der Waals surface area (Å²) in [6.45, 7) is 0. The molecule has 0 aliphatic carbocycles. The van der Waals surface area contributed by atoms with Crippen molar-refractivity contribution in [3.05, 3.63) is 36.4 Å². The lowest BCUT2D eigenvalue weighted by Crippen LogP contribution is -1.47. The van der Waals surface area contributed by atoms with Crippen LogP contribution in [0.1, 0.15) is 0 Å². The van der Waals surface area contributed by atoms with Gasteiger partial charge in [-0.1, -0.05) is 36.4 Å². The van der Waals surface area contributed by atoms with Crippen LogP contribution in [0.25, 0.3) is 0 Å². The van der Waals surface area contributed by atoms with Gasteiger partial charge in [-0.15, -0.1) is 11.6 Å². The summed E-state index contributed by atoms with van der Waals surface area (Å²) in [5.74, 6) is 0. The molecule has 0 fully saturated rings. The Morgan fingerprint density at radius 2 is 0.857 bits per heavy atom. The van der Waals surface area contributed by atoms with Crippen molar-refractivity contribution >= 4 is 23.8 Å². The first kappa shape index (κ1) is 18.1. The lowest BCUT2D eigenvalue weighted by atomic mass is 10.4. The molecule has 5 heteroatoms. The van der Waals surface area contributed by atoms with E-state index in [-0.39, 0.29) is 0 Å². The second-order valence-corrected chi connectivity index (χ2v) is 1.36. The fraction of sp³-hybridized carbons (Fsp3) is 0.111. The molecule has 1 aromatic carbocycles. The van der Waals surface area contributed by atoms with Gasteiger partial charge in [-0.25, -0.2) is 20.4 Å². The topological polar surface area (TPSA) is 81.8 Å². The van der Waals surface area contributed by atoms with Crippen molar-refractivity contribution in [3.8, 4) is 0 Å². The second kappa shape index (κ2) is 30.2. The van der Waals surface area contributed by atoms with Gasteiger partial charge in [0.1, 0.15) is 0 Å². The molecule has 0 saturated heterocycles. The zero-order valence-corrected chi connectivity index (χ0v) is 8.41. The molecule has 0 aliphatic heterocycles. The number of benzene rings is 1. The number of halogens is 1. The third kappa shape index (κ3) is 48.4. The first-order valence-electron chi connectivity index (χ1n) is 3.29. The van der Waals surface area contributed by atoms with Gasteiger partial charge >= 0.3 is 0 Å². The number of carbonyl (C=O) groups excluding carboxylic acids is 2. The lowest BCUT2D eigenvalue weighted by Gasteiger charge is -1.69. The maximum absolute atomic E-state index is 8.35. The summed E-state index contributed by atoms with van der Waals surface area (Å²) in [5, 5.41) is 10.8. The third-order valence-corrected chi connectivity index (χ3v) is 0.667. The van der Waals surface area contributed by atoms with E-state index in [9.17, 15) is 0 Å². The first-order valence-corrected chi connectivity index (χ1v) is 4.04. The van der Waals surface area contributed by atoms with Crippen molar-refractivity contribution in [2.75, 3.05) is 6.38 Å². The van der Waals surface area contributed by atoms with Gasteiger partial charge in [-0.2, -0.15) is 0 Å². The average Bonchev–Trinajstić information content (AvgIpc) is 2.26. The zero-order chi connectivity index (χ0) is 11.7. The number of isocyanates is 2. The molecule has 0 unspecified atom stereocenters. The summed E-state index contributed by atoms with van der Waals surface area (Å²) in [4.78, 5) is 16.7. The Hall–Kier alpha value is -1.73. The van der Waals surface area contributed by atoms with Gasteiger partial charge < -0.3 is 0 Å². The van der Waals surface area contributed by atoms with Gasteiger partial charge in [0.15, 0.2) is 0 Å². The summed E-state index contributed by atoms with van der Waals surface area (Å²) in [7, 11) is 0. The molecule has 0 amide bonds. The fourth-order valence-electron chi connectivity index (χ4n) is 0.385. The lowest BCUT2D eigenvalue weighted by molar-refractivity contribution is 0.562. The van der Waals surface area contributed by atoms with E-state index >= 15 is 0 Å². The van der Waals surface area contributed by atoms with Crippen LogP contribution < -0.4 is 0 Å².